The molecule has 20 heavy (non-hydrogen) atoms. The van der Waals surface area contributed by atoms with Crippen LogP contribution in [0.4, 0.5) is 0 Å². The topological polar surface area (TPSA) is 52.6 Å². The molecule has 2 fully saturated rings. The lowest BCUT2D eigenvalue weighted by Gasteiger charge is -2.21. The zero-order chi connectivity index (χ0) is 14.1. The van der Waals surface area contributed by atoms with Crippen molar-refractivity contribution in [2.75, 3.05) is 0 Å². The zero-order valence-corrected chi connectivity index (χ0v) is 12.0. The molecule has 1 heterocycles. The summed E-state index contributed by atoms with van der Waals surface area (Å²) in [5.74, 6) is -0.252. The molecule has 4 nitrogen and oxygen atoms in total. The molecule has 0 bridgehead atoms. The first-order valence-electron chi connectivity index (χ1n) is 6.77. The molecule has 3 atom stereocenters. The minimum Gasteiger partial charge on any atom is -0.454 e. The van der Waals surface area contributed by atoms with Crippen molar-refractivity contribution in [3.63, 3.8) is 0 Å². The Labute approximate surface area is 121 Å². The summed E-state index contributed by atoms with van der Waals surface area (Å²) < 4.78 is 10.9. The Hall–Kier alpha value is -1.49. The third-order valence-electron chi connectivity index (χ3n) is 3.51. The van der Waals surface area contributed by atoms with Crippen LogP contribution in [0, 0.1) is 5.92 Å². The molecule has 0 radical (unpaired) electrons. The summed E-state index contributed by atoms with van der Waals surface area (Å²) in [6, 6.07) is 8.90. The van der Waals surface area contributed by atoms with E-state index in [4.69, 9.17) is 9.47 Å². The van der Waals surface area contributed by atoms with Gasteiger partial charge in [-0.1, -0.05) is 30.0 Å². The fourth-order valence-corrected chi connectivity index (χ4v) is 3.36. The number of thioether (sulfide) groups is 1. The quantitative estimate of drug-likeness (QED) is 0.798. The molecule has 5 heteroatoms. The summed E-state index contributed by atoms with van der Waals surface area (Å²) in [6.07, 6.45) is 1.72. The molecule has 0 amide bonds. The van der Waals surface area contributed by atoms with Crippen LogP contribution < -0.4 is 0 Å². The summed E-state index contributed by atoms with van der Waals surface area (Å²) in [6.45, 7) is 1.82. The van der Waals surface area contributed by atoms with Crippen molar-refractivity contribution in [1.82, 2.24) is 0 Å². The lowest BCUT2D eigenvalue weighted by atomic mass is 10.2. The van der Waals surface area contributed by atoms with E-state index in [-0.39, 0.29) is 28.7 Å². The van der Waals surface area contributed by atoms with E-state index < -0.39 is 0 Å². The van der Waals surface area contributed by atoms with Gasteiger partial charge in [0.2, 0.25) is 0 Å². The molecule has 0 N–H and O–H groups in total. The Kier molecular flexibility index (Phi) is 3.70. The first-order valence-corrected chi connectivity index (χ1v) is 7.71. The van der Waals surface area contributed by atoms with E-state index in [0.717, 1.165) is 12.8 Å². The largest absolute Gasteiger partial charge is 0.454 e. The standard InChI is InChI=1S/C15H16O4S/c1-9-13(16)19-15(20-9)12(10-7-8-10)18-14(17)11-5-3-2-4-6-11/h2-6,9-10,12,15H,7-8H2,1H3/t9-,12?,15+/m0/s1. The van der Waals surface area contributed by atoms with E-state index in [0.29, 0.717) is 11.5 Å². The molecule has 2 aliphatic rings. The van der Waals surface area contributed by atoms with E-state index in [9.17, 15) is 9.59 Å². The minimum absolute atomic E-state index is 0.184. The third kappa shape index (κ3) is 2.82. The second-order valence-corrected chi connectivity index (χ2v) is 6.60. The lowest BCUT2D eigenvalue weighted by Crippen LogP contribution is -2.31. The fraction of sp³-hybridized carbons (Fsp3) is 0.467. The Balaban J connectivity index is 1.69. The molecule has 0 aromatic heterocycles. The summed E-state index contributed by atoms with van der Waals surface area (Å²) in [5.41, 5.74) is 0.165. The number of rotatable bonds is 4. The van der Waals surface area contributed by atoms with Crippen molar-refractivity contribution in [2.45, 2.75) is 36.6 Å². The summed E-state index contributed by atoms with van der Waals surface area (Å²) in [5, 5.41) is -0.184. The van der Waals surface area contributed by atoms with Gasteiger partial charge in [0.1, 0.15) is 5.25 Å². The highest BCUT2D eigenvalue weighted by Crippen LogP contribution is 2.43. The van der Waals surface area contributed by atoms with Crippen molar-refractivity contribution in [2.24, 2.45) is 5.92 Å². The van der Waals surface area contributed by atoms with Crippen LogP contribution in [0.25, 0.3) is 0 Å². The van der Waals surface area contributed by atoms with Gasteiger partial charge in [0, 0.05) is 5.92 Å². The van der Waals surface area contributed by atoms with Gasteiger partial charge in [-0.25, -0.2) is 4.79 Å². The van der Waals surface area contributed by atoms with Gasteiger partial charge in [-0.15, -0.1) is 0 Å². The molecule has 1 saturated heterocycles. The number of hydrogen-bond acceptors (Lipinski definition) is 5. The molecule has 1 aliphatic heterocycles. The van der Waals surface area contributed by atoms with Crippen LogP contribution >= 0.6 is 11.8 Å². The van der Waals surface area contributed by atoms with Gasteiger partial charge in [0.25, 0.3) is 0 Å². The monoisotopic (exact) mass is 292 g/mol. The van der Waals surface area contributed by atoms with Crippen LogP contribution in [-0.2, 0) is 14.3 Å². The van der Waals surface area contributed by atoms with E-state index in [1.54, 1.807) is 24.3 Å². The van der Waals surface area contributed by atoms with E-state index in [1.165, 1.54) is 11.8 Å². The second-order valence-electron chi connectivity index (χ2n) is 5.16. The van der Waals surface area contributed by atoms with Crippen LogP contribution in [0.2, 0.25) is 0 Å². The highest BCUT2D eigenvalue weighted by molar-refractivity contribution is 8.01. The van der Waals surface area contributed by atoms with Crippen molar-refractivity contribution in [1.29, 1.82) is 0 Å². The molecular formula is C15H16O4S. The first-order chi connectivity index (χ1) is 9.65. The normalized spacial score (nSPS) is 26.9. The van der Waals surface area contributed by atoms with E-state index in [1.807, 2.05) is 13.0 Å². The van der Waals surface area contributed by atoms with Gasteiger partial charge in [0.05, 0.1) is 5.56 Å². The predicted molar refractivity (Wildman–Crippen MR) is 75.3 cm³/mol. The lowest BCUT2D eigenvalue weighted by molar-refractivity contribution is -0.145. The average molecular weight is 292 g/mol. The van der Waals surface area contributed by atoms with Gasteiger partial charge >= 0.3 is 11.9 Å². The van der Waals surface area contributed by atoms with Crippen LogP contribution in [0.5, 0.6) is 0 Å². The third-order valence-corrected chi connectivity index (χ3v) is 4.74. The smallest absolute Gasteiger partial charge is 0.338 e. The van der Waals surface area contributed by atoms with E-state index >= 15 is 0 Å². The van der Waals surface area contributed by atoms with Gasteiger partial charge in [0.15, 0.2) is 11.5 Å². The molecular weight excluding hydrogens is 276 g/mol. The maximum atomic E-state index is 12.1. The summed E-state index contributed by atoms with van der Waals surface area (Å²) in [7, 11) is 0. The minimum atomic E-state index is -0.363. The number of benzene rings is 1. The fourth-order valence-electron chi connectivity index (χ4n) is 2.20. The molecule has 106 valence electrons. The maximum Gasteiger partial charge on any atom is 0.338 e. The van der Waals surface area contributed by atoms with Crippen molar-refractivity contribution >= 4 is 23.7 Å². The number of carbonyl (C=O) groups excluding carboxylic acids is 2. The van der Waals surface area contributed by atoms with Crippen LogP contribution in [0.15, 0.2) is 30.3 Å². The Morgan fingerprint density at radius 3 is 2.60 bits per heavy atom. The summed E-state index contributed by atoms with van der Waals surface area (Å²) >= 11 is 1.44. The number of cyclic esters (lactones) is 1. The molecule has 1 aliphatic carbocycles. The molecule has 0 spiro atoms. The molecule has 1 aromatic carbocycles. The molecule has 1 saturated carbocycles. The van der Waals surface area contributed by atoms with Crippen LogP contribution in [0.1, 0.15) is 30.1 Å². The van der Waals surface area contributed by atoms with Crippen molar-refractivity contribution in [3.05, 3.63) is 35.9 Å². The SMILES string of the molecule is C[C@@H]1S[C@H](C(OC(=O)c2ccccc2)C2CC2)OC1=O. The van der Waals surface area contributed by atoms with Gasteiger partial charge in [-0.05, 0) is 31.9 Å². The Bertz CT molecular complexity index is 512. The number of esters is 2. The molecule has 1 aromatic rings. The average Bonchev–Trinajstić information content (AvgIpc) is 3.24. The van der Waals surface area contributed by atoms with Crippen LogP contribution in [-0.4, -0.2) is 28.7 Å². The zero-order valence-electron chi connectivity index (χ0n) is 11.2. The van der Waals surface area contributed by atoms with Gasteiger partial charge < -0.3 is 9.47 Å². The summed E-state index contributed by atoms with van der Waals surface area (Å²) in [4.78, 5) is 23.6. The molecule has 3 rings (SSSR count). The highest BCUT2D eigenvalue weighted by Gasteiger charge is 2.46. The number of hydrogen-bond donors (Lipinski definition) is 0. The van der Waals surface area contributed by atoms with Crippen molar-refractivity contribution in [3.8, 4) is 0 Å². The predicted octanol–water partition coefficient (Wildman–Crippen LogP) is 2.63. The van der Waals surface area contributed by atoms with Gasteiger partial charge in [-0.2, -0.15) is 0 Å². The van der Waals surface area contributed by atoms with E-state index in [2.05, 4.69) is 0 Å². The molecule has 1 unspecified atom stereocenters. The van der Waals surface area contributed by atoms with Crippen molar-refractivity contribution < 1.29 is 19.1 Å². The highest BCUT2D eigenvalue weighted by atomic mass is 32.2. The second kappa shape index (κ2) is 5.48. The van der Waals surface area contributed by atoms with Crippen LogP contribution in [0.3, 0.4) is 0 Å². The first kappa shape index (κ1) is 13.5. The Morgan fingerprint density at radius 2 is 2.05 bits per heavy atom. The number of carbonyl (C=O) groups is 2. The number of ether oxygens (including phenoxy) is 2. The Morgan fingerprint density at radius 1 is 1.35 bits per heavy atom. The maximum absolute atomic E-state index is 12.1. The van der Waals surface area contributed by atoms with Gasteiger partial charge in [-0.3, -0.25) is 4.79 Å².